The second-order valence-electron chi connectivity index (χ2n) is 4.37. The Bertz CT molecular complexity index is 558. The number of hydrogen-bond acceptors (Lipinski definition) is 5. The average Bonchev–Trinajstić information content (AvgIpc) is 2.74. The molecule has 1 aliphatic heterocycles. The summed E-state index contributed by atoms with van der Waals surface area (Å²) in [7, 11) is 0. The highest BCUT2D eigenvalue weighted by Crippen LogP contribution is 2.40. The first-order chi connectivity index (χ1) is 9.06. The fourth-order valence-corrected chi connectivity index (χ4v) is 3.65. The Kier molecular flexibility index (Phi) is 4.72. The summed E-state index contributed by atoms with van der Waals surface area (Å²) in [6.07, 6.45) is 1.58. The van der Waals surface area contributed by atoms with Gasteiger partial charge >= 0.3 is 5.69 Å². The van der Waals surface area contributed by atoms with Crippen molar-refractivity contribution in [3.8, 4) is 0 Å². The molecule has 1 aromatic heterocycles. The van der Waals surface area contributed by atoms with Crippen molar-refractivity contribution in [3.63, 3.8) is 0 Å². The van der Waals surface area contributed by atoms with Gasteiger partial charge in [0.25, 0.3) is 5.56 Å². The number of H-pyrrole nitrogens is 1. The summed E-state index contributed by atoms with van der Waals surface area (Å²) in [6, 6.07) is 0. The Morgan fingerprint density at radius 3 is 2.84 bits per heavy atom. The molecular weight excluding hydrogens is 292 g/mol. The van der Waals surface area contributed by atoms with Crippen LogP contribution in [0.5, 0.6) is 0 Å². The number of nitrogens with one attached hydrogen (secondary N) is 1. The Morgan fingerprint density at radius 1 is 1.53 bits per heavy atom. The number of hydrogen-bond donors (Lipinski definition) is 3. The third kappa shape index (κ3) is 3.05. The van der Waals surface area contributed by atoms with Gasteiger partial charge in [-0.05, 0) is 6.42 Å². The number of aliphatic hydroxyl groups is 2. The van der Waals surface area contributed by atoms with E-state index in [0.29, 0.717) is 24.3 Å². The molecule has 1 aromatic rings. The van der Waals surface area contributed by atoms with E-state index in [1.165, 1.54) is 22.5 Å². The van der Waals surface area contributed by atoms with Crippen LogP contribution in [-0.2, 0) is 6.42 Å². The van der Waals surface area contributed by atoms with Crippen molar-refractivity contribution in [1.29, 1.82) is 0 Å². The number of aromatic nitrogens is 2. The van der Waals surface area contributed by atoms with Gasteiger partial charge in [0.1, 0.15) is 0 Å². The van der Waals surface area contributed by atoms with Crippen molar-refractivity contribution in [1.82, 2.24) is 9.55 Å². The van der Waals surface area contributed by atoms with Crippen LogP contribution in [0.25, 0.3) is 0 Å². The van der Waals surface area contributed by atoms with E-state index in [1.807, 2.05) is 0 Å². The number of aryl methyl sites for hydroxylation is 1. The van der Waals surface area contributed by atoms with Crippen molar-refractivity contribution in [2.45, 2.75) is 29.6 Å². The minimum absolute atomic E-state index is 0.144. The van der Waals surface area contributed by atoms with Gasteiger partial charge in [-0.3, -0.25) is 14.3 Å². The maximum absolute atomic E-state index is 11.8. The maximum Gasteiger partial charge on any atom is 0.329 e. The molecule has 0 spiro atoms. The fourth-order valence-electron chi connectivity index (χ4n) is 2.07. The number of aromatic amines is 1. The minimum Gasteiger partial charge on any atom is -0.395 e. The van der Waals surface area contributed by atoms with Gasteiger partial charge in [-0.15, -0.1) is 23.4 Å². The molecule has 19 heavy (non-hydrogen) atoms. The molecule has 1 fully saturated rings. The summed E-state index contributed by atoms with van der Waals surface area (Å²) in [4.78, 5) is 25.6. The van der Waals surface area contributed by atoms with Gasteiger partial charge in [-0.2, -0.15) is 0 Å². The second-order valence-corrected chi connectivity index (χ2v) is 6.17. The molecule has 0 aromatic carbocycles. The Morgan fingerprint density at radius 2 is 2.26 bits per heavy atom. The van der Waals surface area contributed by atoms with Gasteiger partial charge in [0.05, 0.1) is 23.3 Å². The van der Waals surface area contributed by atoms with E-state index in [9.17, 15) is 14.7 Å². The molecule has 3 N–H and O–H groups in total. The summed E-state index contributed by atoms with van der Waals surface area (Å²) in [6.45, 7) is -0.144. The van der Waals surface area contributed by atoms with E-state index in [1.54, 1.807) is 0 Å². The van der Waals surface area contributed by atoms with E-state index >= 15 is 0 Å². The number of alkyl halides is 1. The van der Waals surface area contributed by atoms with E-state index in [0.717, 1.165) is 0 Å². The number of nitrogens with zero attached hydrogens (tertiary/aromatic N) is 1. The summed E-state index contributed by atoms with van der Waals surface area (Å²) >= 11 is 6.94. The molecule has 3 atom stereocenters. The lowest BCUT2D eigenvalue weighted by Crippen LogP contribution is -2.33. The first-order valence-corrected chi connectivity index (χ1v) is 7.39. The Labute approximate surface area is 118 Å². The van der Waals surface area contributed by atoms with Gasteiger partial charge < -0.3 is 10.2 Å². The largest absolute Gasteiger partial charge is 0.395 e. The lowest BCUT2D eigenvalue weighted by atomic mass is 10.2. The summed E-state index contributed by atoms with van der Waals surface area (Å²) in [5.74, 6) is 0.293. The molecule has 1 aliphatic rings. The van der Waals surface area contributed by atoms with Crippen LogP contribution in [0.15, 0.2) is 15.8 Å². The third-order valence-corrected chi connectivity index (χ3v) is 4.84. The van der Waals surface area contributed by atoms with Gasteiger partial charge in [0, 0.05) is 24.1 Å². The average molecular weight is 307 g/mol. The van der Waals surface area contributed by atoms with Crippen LogP contribution >= 0.6 is 23.4 Å². The summed E-state index contributed by atoms with van der Waals surface area (Å²) in [5.41, 5.74) is -0.493. The van der Waals surface area contributed by atoms with Gasteiger partial charge in [0.2, 0.25) is 0 Å². The Balaban J connectivity index is 2.33. The molecule has 2 rings (SSSR count). The highest BCUT2D eigenvalue weighted by Gasteiger charge is 2.34. The van der Waals surface area contributed by atoms with Crippen molar-refractivity contribution < 1.29 is 10.2 Å². The monoisotopic (exact) mass is 306 g/mol. The predicted molar refractivity (Wildman–Crippen MR) is 73.9 cm³/mol. The van der Waals surface area contributed by atoms with Crippen molar-refractivity contribution in [3.05, 3.63) is 32.6 Å². The molecule has 0 radical (unpaired) electrons. The molecule has 3 unspecified atom stereocenters. The lowest BCUT2D eigenvalue weighted by Gasteiger charge is -2.13. The molecule has 0 saturated carbocycles. The second kappa shape index (κ2) is 6.13. The first kappa shape index (κ1) is 14.6. The van der Waals surface area contributed by atoms with Crippen LogP contribution in [0.2, 0.25) is 0 Å². The highest BCUT2D eigenvalue weighted by atomic mass is 35.5. The summed E-state index contributed by atoms with van der Waals surface area (Å²) < 4.78 is 1.40. The molecule has 1 saturated heterocycles. The topological polar surface area (TPSA) is 95.3 Å². The SMILES string of the molecule is O=c1[nH]c(=O)n(C2CC(O)C(CO)S2)cc1CCCl. The predicted octanol–water partition coefficient (Wildman–Crippen LogP) is -0.325. The molecule has 106 valence electrons. The van der Waals surface area contributed by atoms with Crippen LogP contribution in [0, 0.1) is 0 Å². The first-order valence-electron chi connectivity index (χ1n) is 5.91. The normalized spacial score (nSPS) is 26.8. The van der Waals surface area contributed by atoms with Gasteiger partial charge in [-0.1, -0.05) is 0 Å². The molecular formula is C11H15ClN2O4S. The van der Waals surface area contributed by atoms with Crippen LogP contribution in [0.1, 0.15) is 17.4 Å². The minimum atomic E-state index is -0.657. The zero-order valence-corrected chi connectivity index (χ0v) is 11.7. The molecule has 2 heterocycles. The lowest BCUT2D eigenvalue weighted by molar-refractivity contribution is 0.137. The fraction of sp³-hybridized carbons (Fsp3) is 0.636. The molecule has 8 heteroatoms. The van der Waals surface area contributed by atoms with Gasteiger partial charge in [-0.25, -0.2) is 4.79 Å². The standard InChI is InChI=1S/C11H15ClN2O4S/c12-2-1-6-4-14(11(18)13-10(6)17)9-3-7(16)8(5-15)19-9/h4,7-9,15-16H,1-3,5H2,(H,13,17,18). The molecule has 6 nitrogen and oxygen atoms in total. The smallest absolute Gasteiger partial charge is 0.329 e. The zero-order valence-electron chi connectivity index (χ0n) is 10.1. The maximum atomic E-state index is 11.8. The van der Waals surface area contributed by atoms with Crippen LogP contribution < -0.4 is 11.2 Å². The molecule has 0 bridgehead atoms. The Hall–Kier alpha value is -0.760. The van der Waals surface area contributed by atoms with E-state index in [4.69, 9.17) is 16.7 Å². The molecule has 0 aliphatic carbocycles. The third-order valence-electron chi connectivity index (χ3n) is 3.10. The molecule has 0 amide bonds. The summed E-state index contributed by atoms with van der Waals surface area (Å²) in [5, 5.41) is 18.3. The van der Waals surface area contributed by atoms with E-state index in [-0.39, 0.29) is 17.2 Å². The van der Waals surface area contributed by atoms with Gasteiger partial charge in [0.15, 0.2) is 0 Å². The number of rotatable bonds is 4. The number of thioether (sulfide) groups is 1. The van der Waals surface area contributed by atoms with Crippen molar-refractivity contribution in [2.24, 2.45) is 0 Å². The van der Waals surface area contributed by atoms with Crippen LogP contribution in [0.4, 0.5) is 0 Å². The quantitative estimate of drug-likeness (QED) is 0.662. The van der Waals surface area contributed by atoms with E-state index in [2.05, 4.69) is 4.98 Å². The zero-order chi connectivity index (χ0) is 14.0. The number of halogens is 1. The highest BCUT2D eigenvalue weighted by molar-refractivity contribution is 8.00. The van der Waals surface area contributed by atoms with Crippen LogP contribution in [-0.4, -0.2) is 43.6 Å². The van der Waals surface area contributed by atoms with Crippen molar-refractivity contribution in [2.75, 3.05) is 12.5 Å². The van der Waals surface area contributed by atoms with E-state index < -0.39 is 17.4 Å². The number of aliphatic hydroxyl groups excluding tert-OH is 2. The van der Waals surface area contributed by atoms with Crippen molar-refractivity contribution >= 4 is 23.4 Å². The van der Waals surface area contributed by atoms with Crippen LogP contribution in [0.3, 0.4) is 0 Å².